The smallest absolute Gasteiger partial charge is 0.237 e. The number of hydrogen-bond donors (Lipinski definition) is 1. The molecule has 0 aliphatic carbocycles. The third-order valence-electron chi connectivity index (χ3n) is 3.89. The molecule has 0 spiro atoms. The summed E-state index contributed by atoms with van der Waals surface area (Å²) in [6, 6.07) is 9.42. The topological polar surface area (TPSA) is 80.1 Å². The maximum absolute atomic E-state index is 13.9. The minimum absolute atomic E-state index is 0.000705. The molecule has 0 unspecified atom stereocenters. The molecule has 0 atom stereocenters. The summed E-state index contributed by atoms with van der Waals surface area (Å²) < 4.78 is 44.0. The molecule has 0 radical (unpaired) electrons. The zero-order valence-electron chi connectivity index (χ0n) is 14.4. The highest BCUT2D eigenvalue weighted by Crippen LogP contribution is 2.21. The van der Waals surface area contributed by atoms with Gasteiger partial charge in [0.1, 0.15) is 5.82 Å². The lowest BCUT2D eigenvalue weighted by molar-refractivity contribution is 0.446. The van der Waals surface area contributed by atoms with Crippen LogP contribution in [0, 0.1) is 5.82 Å². The second-order valence-corrected chi connectivity index (χ2v) is 7.99. The molecule has 0 fully saturated rings. The van der Waals surface area contributed by atoms with E-state index in [9.17, 15) is 12.8 Å². The summed E-state index contributed by atoms with van der Waals surface area (Å²) >= 11 is 5.97. The number of benzene rings is 1. The van der Waals surface area contributed by atoms with Crippen LogP contribution in [0.3, 0.4) is 0 Å². The minimum atomic E-state index is -3.88. The average Bonchev–Trinajstić information content (AvgIpc) is 3.18. The molecule has 27 heavy (non-hydrogen) atoms. The second kappa shape index (κ2) is 8.13. The van der Waals surface area contributed by atoms with Gasteiger partial charge in [0.05, 0.1) is 0 Å². The summed E-state index contributed by atoms with van der Waals surface area (Å²) in [7, 11) is -2.53. The summed E-state index contributed by atoms with van der Waals surface area (Å²) in [6.45, 7) is -0.194. The van der Waals surface area contributed by atoms with E-state index in [0.29, 0.717) is 11.4 Å². The van der Waals surface area contributed by atoms with Crippen molar-refractivity contribution in [1.29, 1.82) is 0 Å². The lowest BCUT2D eigenvalue weighted by Gasteiger charge is -2.19. The number of rotatable bonds is 7. The van der Waals surface area contributed by atoms with Gasteiger partial charge in [0.15, 0.2) is 5.82 Å². The van der Waals surface area contributed by atoms with Crippen LogP contribution in [0.4, 0.5) is 4.39 Å². The summed E-state index contributed by atoms with van der Waals surface area (Å²) in [5, 5.41) is 4.28. The van der Waals surface area contributed by atoms with E-state index in [2.05, 4.69) is 14.8 Å². The Labute approximate surface area is 161 Å². The molecule has 10 heteroatoms. The van der Waals surface area contributed by atoms with Crippen molar-refractivity contribution in [1.82, 2.24) is 23.8 Å². The van der Waals surface area contributed by atoms with Crippen molar-refractivity contribution < 1.29 is 12.8 Å². The van der Waals surface area contributed by atoms with Crippen molar-refractivity contribution in [2.24, 2.45) is 0 Å². The van der Waals surface area contributed by atoms with E-state index in [0.717, 1.165) is 4.31 Å². The second-order valence-electron chi connectivity index (χ2n) is 5.72. The molecule has 0 saturated carbocycles. The van der Waals surface area contributed by atoms with Crippen molar-refractivity contribution in [2.75, 3.05) is 7.05 Å². The third kappa shape index (κ3) is 4.51. The van der Waals surface area contributed by atoms with Gasteiger partial charge in [-0.05, 0) is 24.3 Å². The molecular formula is C17H17ClFN5O2S. The summed E-state index contributed by atoms with van der Waals surface area (Å²) in [5.74, 6) is -0.0391. The van der Waals surface area contributed by atoms with Gasteiger partial charge in [-0.3, -0.25) is 0 Å². The highest BCUT2D eigenvalue weighted by atomic mass is 35.5. The maximum Gasteiger partial charge on any atom is 0.279 e. The van der Waals surface area contributed by atoms with E-state index >= 15 is 0 Å². The van der Waals surface area contributed by atoms with Crippen molar-refractivity contribution in [3.63, 3.8) is 0 Å². The molecule has 7 nitrogen and oxygen atoms in total. The van der Waals surface area contributed by atoms with Gasteiger partial charge in [-0.2, -0.15) is 22.5 Å². The van der Waals surface area contributed by atoms with Gasteiger partial charge < -0.3 is 0 Å². The molecule has 0 aliphatic rings. The quantitative estimate of drug-likeness (QED) is 0.650. The van der Waals surface area contributed by atoms with E-state index < -0.39 is 16.0 Å². The first-order valence-electron chi connectivity index (χ1n) is 7.96. The van der Waals surface area contributed by atoms with Crippen LogP contribution in [-0.4, -0.2) is 34.5 Å². The minimum Gasteiger partial charge on any atom is -0.237 e. The Hall–Kier alpha value is -2.33. The van der Waals surface area contributed by atoms with E-state index in [-0.39, 0.29) is 23.7 Å². The third-order valence-corrected chi connectivity index (χ3v) is 5.70. The molecule has 0 bridgehead atoms. The van der Waals surface area contributed by atoms with Crippen molar-refractivity contribution in [3.8, 4) is 5.82 Å². The van der Waals surface area contributed by atoms with Crippen molar-refractivity contribution in [3.05, 3.63) is 77.0 Å². The zero-order valence-corrected chi connectivity index (χ0v) is 16.0. The Morgan fingerprint density at radius 3 is 2.74 bits per heavy atom. The molecule has 0 amide bonds. The number of halogens is 2. The lowest BCUT2D eigenvalue weighted by Crippen LogP contribution is -2.37. The largest absolute Gasteiger partial charge is 0.279 e. The molecule has 2 aromatic heterocycles. The number of hydrogen-bond acceptors (Lipinski definition) is 4. The van der Waals surface area contributed by atoms with Gasteiger partial charge >= 0.3 is 0 Å². The molecular weight excluding hydrogens is 393 g/mol. The first-order valence-corrected chi connectivity index (χ1v) is 9.78. The van der Waals surface area contributed by atoms with E-state index in [1.54, 1.807) is 41.5 Å². The first kappa shape index (κ1) is 19.4. The molecule has 2 heterocycles. The van der Waals surface area contributed by atoms with Crippen LogP contribution in [-0.2, 0) is 23.3 Å². The van der Waals surface area contributed by atoms with Gasteiger partial charge in [0.25, 0.3) is 10.2 Å². The molecule has 1 aromatic carbocycles. The van der Waals surface area contributed by atoms with E-state index in [4.69, 9.17) is 11.6 Å². The summed E-state index contributed by atoms with van der Waals surface area (Å²) in [6.07, 6.45) is 4.92. The van der Waals surface area contributed by atoms with Gasteiger partial charge in [-0.25, -0.2) is 14.1 Å². The fourth-order valence-corrected chi connectivity index (χ4v) is 3.52. The predicted octanol–water partition coefficient (Wildman–Crippen LogP) is 2.53. The fourth-order valence-electron chi connectivity index (χ4n) is 2.44. The molecule has 1 N–H and O–H groups in total. The lowest BCUT2D eigenvalue weighted by atomic mass is 10.2. The van der Waals surface area contributed by atoms with Crippen LogP contribution in [0.2, 0.25) is 5.02 Å². The predicted molar refractivity (Wildman–Crippen MR) is 100.0 cm³/mol. The Balaban J connectivity index is 1.74. The zero-order chi connectivity index (χ0) is 19.4. The van der Waals surface area contributed by atoms with E-state index in [1.807, 2.05) is 0 Å². The van der Waals surface area contributed by atoms with Crippen LogP contribution in [0.1, 0.15) is 11.1 Å². The average molecular weight is 410 g/mol. The highest BCUT2D eigenvalue weighted by Gasteiger charge is 2.21. The normalized spacial score (nSPS) is 11.9. The van der Waals surface area contributed by atoms with Crippen molar-refractivity contribution >= 4 is 21.8 Å². The molecule has 142 valence electrons. The van der Waals surface area contributed by atoms with Crippen LogP contribution < -0.4 is 4.72 Å². The van der Waals surface area contributed by atoms with Crippen molar-refractivity contribution in [2.45, 2.75) is 13.1 Å². The first-order chi connectivity index (χ1) is 12.9. The van der Waals surface area contributed by atoms with E-state index in [1.165, 1.54) is 25.2 Å². The van der Waals surface area contributed by atoms with Crippen LogP contribution in [0.15, 0.2) is 55.0 Å². The summed E-state index contributed by atoms with van der Waals surface area (Å²) in [4.78, 5) is 4.24. The van der Waals surface area contributed by atoms with Gasteiger partial charge in [0.2, 0.25) is 0 Å². The molecule has 3 aromatic rings. The SMILES string of the molecule is CN(Cc1c(F)cccc1Cl)S(=O)(=O)NCc1cccnc1-n1cccn1. The molecule has 3 rings (SSSR count). The van der Waals surface area contributed by atoms with Crippen LogP contribution in [0.25, 0.3) is 5.82 Å². The van der Waals surface area contributed by atoms with Gasteiger partial charge in [-0.15, -0.1) is 0 Å². The number of pyridine rings is 1. The van der Waals surface area contributed by atoms with Crippen LogP contribution in [0.5, 0.6) is 0 Å². The standard InChI is InChI=1S/C17H17ClFN5O2S/c1-23(12-14-15(18)6-2-7-16(14)19)27(25,26)22-11-13-5-3-8-20-17(13)24-10-4-9-21-24/h2-10,22H,11-12H2,1H3. The molecule has 0 aliphatic heterocycles. The Bertz CT molecular complexity index is 1010. The number of aromatic nitrogens is 3. The Morgan fingerprint density at radius 1 is 1.22 bits per heavy atom. The van der Waals surface area contributed by atoms with Crippen LogP contribution >= 0.6 is 11.6 Å². The molecule has 0 saturated heterocycles. The maximum atomic E-state index is 13.9. The highest BCUT2D eigenvalue weighted by molar-refractivity contribution is 7.87. The summed E-state index contributed by atoms with van der Waals surface area (Å²) in [5.41, 5.74) is 0.757. The number of nitrogens with one attached hydrogen (secondary N) is 1. The van der Waals surface area contributed by atoms with Gasteiger partial charge in [0, 0.05) is 54.9 Å². The number of nitrogens with zero attached hydrogens (tertiary/aromatic N) is 4. The Morgan fingerprint density at radius 2 is 2.04 bits per heavy atom. The monoisotopic (exact) mass is 409 g/mol. The fraction of sp³-hybridized carbons (Fsp3) is 0.176. The Kier molecular flexibility index (Phi) is 5.85. The van der Waals surface area contributed by atoms with Gasteiger partial charge in [-0.1, -0.05) is 23.7 Å².